The first-order chi connectivity index (χ1) is 11.8. The van der Waals surface area contributed by atoms with Gasteiger partial charge in [0, 0.05) is 19.1 Å². The molecular formula is C18H30INO5. The van der Waals surface area contributed by atoms with E-state index in [0.29, 0.717) is 19.1 Å². The van der Waals surface area contributed by atoms with E-state index in [2.05, 4.69) is 22.6 Å². The molecule has 0 spiro atoms. The maximum Gasteiger partial charge on any atom is 0.411 e. The van der Waals surface area contributed by atoms with Crippen molar-refractivity contribution in [2.75, 3.05) is 24.2 Å². The number of Topliss-reactive ketones (excluding diaryl/α,β-unsaturated/α-hetero) is 1. The Kier molecular flexibility index (Phi) is 7.52. The molecule has 25 heavy (non-hydrogen) atoms. The van der Waals surface area contributed by atoms with E-state index < -0.39 is 24.3 Å². The third kappa shape index (κ3) is 5.53. The van der Waals surface area contributed by atoms with Gasteiger partial charge >= 0.3 is 6.09 Å². The lowest BCUT2D eigenvalue weighted by Gasteiger charge is -2.29. The van der Waals surface area contributed by atoms with Crippen molar-refractivity contribution in [3.8, 4) is 0 Å². The molecule has 2 aliphatic rings. The minimum absolute atomic E-state index is 0.120. The van der Waals surface area contributed by atoms with E-state index in [1.165, 1.54) is 11.3 Å². The van der Waals surface area contributed by atoms with E-state index in [9.17, 15) is 14.7 Å². The second kappa shape index (κ2) is 8.99. The predicted molar refractivity (Wildman–Crippen MR) is 103 cm³/mol. The second-order valence-electron chi connectivity index (χ2n) is 8.02. The minimum atomic E-state index is -0.742. The van der Waals surface area contributed by atoms with Crippen LogP contribution in [0.15, 0.2) is 0 Å². The lowest BCUT2D eigenvalue weighted by Crippen LogP contribution is -2.48. The van der Waals surface area contributed by atoms with Crippen LogP contribution in [0.2, 0.25) is 0 Å². The molecule has 2 rings (SSSR count). The Morgan fingerprint density at radius 3 is 2.68 bits per heavy atom. The van der Waals surface area contributed by atoms with Crippen LogP contribution in [0.4, 0.5) is 4.79 Å². The van der Waals surface area contributed by atoms with E-state index in [4.69, 9.17) is 9.47 Å². The summed E-state index contributed by atoms with van der Waals surface area (Å²) < 4.78 is 12.6. The highest BCUT2D eigenvalue weighted by Gasteiger charge is 2.50. The third-order valence-corrected chi connectivity index (χ3v) is 5.64. The fraction of sp³-hybridized carbons (Fsp3) is 0.889. The molecule has 1 amide bonds. The first-order valence-corrected chi connectivity index (χ1v) is 10.6. The van der Waals surface area contributed by atoms with Crippen LogP contribution >= 0.6 is 22.6 Å². The zero-order chi connectivity index (χ0) is 18.6. The fourth-order valence-electron chi connectivity index (χ4n) is 3.85. The minimum Gasteiger partial charge on any atom is -0.444 e. The average molecular weight is 467 g/mol. The summed E-state index contributed by atoms with van der Waals surface area (Å²) in [7, 11) is 0. The number of alkyl halides is 1. The molecule has 0 aromatic carbocycles. The quantitative estimate of drug-likeness (QED) is 0.497. The number of aliphatic hydroxyl groups excluding tert-OH is 1. The number of carbonyl (C=O) groups excluding carboxylic acids is 2. The molecule has 0 aliphatic carbocycles. The molecule has 2 saturated heterocycles. The van der Waals surface area contributed by atoms with E-state index in [1.54, 1.807) is 20.8 Å². The first-order valence-electron chi connectivity index (χ1n) is 9.07. The van der Waals surface area contributed by atoms with Crippen molar-refractivity contribution in [2.45, 2.75) is 64.2 Å². The fourth-order valence-corrected chi connectivity index (χ4v) is 4.29. The molecule has 1 N–H and O–H groups in total. The van der Waals surface area contributed by atoms with Gasteiger partial charge in [0.05, 0.1) is 6.10 Å². The van der Waals surface area contributed by atoms with Gasteiger partial charge in [-0.1, -0.05) is 22.6 Å². The van der Waals surface area contributed by atoms with Crippen LogP contribution in [0.5, 0.6) is 0 Å². The number of hydrogen-bond donors (Lipinski definition) is 1. The van der Waals surface area contributed by atoms with Crippen molar-refractivity contribution in [1.82, 2.24) is 4.90 Å². The summed E-state index contributed by atoms with van der Waals surface area (Å²) in [6.45, 7) is 5.88. The van der Waals surface area contributed by atoms with Crippen molar-refractivity contribution in [2.24, 2.45) is 11.8 Å². The van der Waals surface area contributed by atoms with Gasteiger partial charge in [-0.15, -0.1) is 0 Å². The molecule has 2 heterocycles. The predicted octanol–water partition coefficient (Wildman–Crippen LogP) is 2.79. The van der Waals surface area contributed by atoms with Gasteiger partial charge in [-0.05, 0) is 56.8 Å². The van der Waals surface area contributed by atoms with Crippen molar-refractivity contribution >= 4 is 34.5 Å². The Hall–Kier alpha value is -0.410. The Balaban J connectivity index is 2.16. The number of ether oxygens (including phenoxy) is 2. The van der Waals surface area contributed by atoms with E-state index in [-0.39, 0.29) is 17.8 Å². The Morgan fingerprint density at radius 1 is 1.36 bits per heavy atom. The summed E-state index contributed by atoms with van der Waals surface area (Å²) in [5.74, 6) is 0.312. The summed E-state index contributed by atoms with van der Waals surface area (Å²) in [6.07, 6.45) is 3.45. The Morgan fingerprint density at radius 2 is 2.08 bits per heavy atom. The number of rotatable bonds is 5. The van der Waals surface area contributed by atoms with Gasteiger partial charge in [0.2, 0.25) is 0 Å². The van der Waals surface area contributed by atoms with Crippen molar-refractivity contribution < 1.29 is 24.2 Å². The summed E-state index contributed by atoms with van der Waals surface area (Å²) in [4.78, 5) is 26.4. The zero-order valence-electron chi connectivity index (χ0n) is 15.4. The molecule has 7 heteroatoms. The van der Waals surface area contributed by atoms with Crippen LogP contribution < -0.4 is 0 Å². The molecule has 2 aliphatic heterocycles. The number of likely N-dealkylation sites (tertiary alicyclic amines) is 1. The third-order valence-electron chi connectivity index (χ3n) is 4.88. The van der Waals surface area contributed by atoms with Crippen LogP contribution in [-0.2, 0) is 14.3 Å². The molecule has 0 bridgehead atoms. The number of nitrogens with zero attached hydrogens (tertiary/aromatic N) is 1. The lowest BCUT2D eigenvalue weighted by molar-refractivity contribution is -0.130. The normalized spacial score (nSPS) is 29.9. The van der Waals surface area contributed by atoms with Gasteiger partial charge in [-0.2, -0.15) is 0 Å². The van der Waals surface area contributed by atoms with Crippen molar-refractivity contribution in [3.63, 3.8) is 0 Å². The van der Waals surface area contributed by atoms with Gasteiger partial charge in [-0.25, -0.2) is 4.79 Å². The number of ketones is 1. The topological polar surface area (TPSA) is 76.1 Å². The van der Waals surface area contributed by atoms with E-state index in [1.807, 2.05) is 0 Å². The van der Waals surface area contributed by atoms with Crippen LogP contribution in [-0.4, -0.2) is 63.8 Å². The van der Waals surface area contributed by atoms with Crippen LogP contribution in [0.25, 0.3) is 0 Å². The SMILES string of the molecule is CC(C)(C)OC(=O)N1C[C@@H]2C[C@H](CCCI)CCO[C@H]2[C@H]1C(=O)CO. The molecule has 4 atom stereocenters. The second-order valence-corrected chi connectivity index (χ2v) is 9.10. The molecule has 0 unspecified atom stereocenters. The van der Waals surface area contributed by atoms with Crippen LogP contribution in [0, 0.1) is 11.8 Å². The van der Waals surface area contributed by atoms with Gasteiger partial charge in [0.15, 0.2) is 5.78 Å². The molecule has 0 aromatic rings. The zero-order valence-corrected chi connectivity index (χ0v) is 17.5. The summed E-state index contributed by atoms with van der Waals surface area (Å²) in [6, 6.07) is -0.742. The highest BCUT2D eigenvalue weighted by molar-refractivity contribution is 14.1. The number of fused-ring (bicyclic) bond motifs is 1. The Bertz CT molecular complexity index is 479. The number of aliphatic hydroxyl groups is 1. The molecule has 6 nitrogen and oxygen atoms in total. The standard InChI is InChI=1S/C18H30INO5/c1-18(2,3)25-17(23)20-10-13-9-12(5-4-7-19)6-8-24-16(13)15(20)14(22)11-21/h12-13,15-16,21H,4-11H2,1-3H3/t12-,13+,15-,16-/m1/s1. The van der Waals surface area contributed by atoms with E-state index in [0.717, 1.165) is 23.7 Å². The lowest BCUT2D eigenvalue weighted by atomic mass is 9.87. The number of halogens is 1. The Labute approximate surface area is 163 Å². The van der Waals surface area contributed by atoms with Gasteiger partial charge in [0.1, 0.15) is 18.2 Å². The maximum atomic E-state index is 12.6. The van der Waals surface area contributed by atoms with Crippen LogP contribution in [0.1, 0.15) is 46.5 Å². The largest absolute Gasteiger partial charge is 0.444 e. The highest BCUT2D eigenvalue weighted by atomic mass is 127. The maximum absolute atomic E-state index is 12.6. The summed E-state index contributed by atoms with van der Waals surface area (Å²) >= 11 is 2.39. The first kappa shape index (κ1) is 20.9. The number of amides is 1. The van der Waals surface area contributed by atoms with Crippen molar-refractivity contribution in [3.05, 3.63) is 0 Å². The molecule has 144 valence electrons. The van der Waals surface area contributed by atoms with Crippen LogP contribution in [0.3, 0.4) is 0 Å². The van der Waals surface area contributed by atoms with E-state index >= 15 is 0 Å². The summed E-state index contributed by atoms with van der Waals surface area (Å²) in [5, 5.41) is 9.37. The van der Waals surface area contributed by atoms with Gasteiger partial charge < -0.3 is 14.6 Å². The smallest absolute Gasteiger partial charge is 0.411 e. The number of carbonyl (C=O) groups is 2. The number of hydrogen-bond acceptors (Lipinski definition) is 5. The molecule has 0 saturated carbocycles. The highest BCUT2D eigenvalue weighted by Crippen LogP contribution is 2.37. The molecule has 0 aromatic heterocycles. The average Bonchev–Trinajstić information content (AvgIpc) is 2.76. The molecular weight excluding hydrogens is 437 g/mol. The van der Waals surface area contributed by atoms with Gasteiger partial charge in [-0.3, -0.25) is 9.69 Å². The molecule has 0 radical (unpaired) electrons. The monoisotopic (exact) mass is 467 g/mol. The van der Waals surface area contributed by atoms with Crippen molar-refractivity contribution in [1.29, 1.82) is 0 Å². The summed E-state index contributed by atoms with van der Waals surface area (Å²) in [5.41, 5.74) is -0.627. The molecule has 2 fully saturated rings. The van der Waals surface area contributed by atoms with Gasteiger partial charge in [0.25, 0.3) is 0 Å².